The van der Waals surface area contributed by atoms with Crippen LogP contribution in [0.15, 0.2) is 41.4 Å². The summed E-state index contributed by atoms with van der Waals surface area (Å²) in [5.41, 5.74) is 0.816. The summed E-state index contributed by atoms with van der Waals surface area (Å²) < 4.78 is 53.0. The van der Waals surface area contributed by atoms with E-state index in [1.807, 2.05) is 6.07 Å². The SMILES string of the molecule is O=C(N1C[C@@H]2C[C@H]1c1cncc(C#Cc3cnc4ccoc4c3)c1O2)C12CCC(C(F)(F)F)(CC1)C2. The molecule has 2 aliphatic carbocycles. The highest BCUT2D eigenvalue weighted by molar-refractivity contribution is 5.85. The van der Waals surface area contributed by atoms with Crippen LogP contribution in [0.5, 0.6) is 5.75 Å². The maximum absolute atomic E-state index is 13.8. The van der Waals surface area contributed by atoms with Crippen LogP contribution in [-0.4, -0.2) is 39.6 Å². The van der Waals surface area contributed by atoms with Crippen molar-refractivity contribution in [1.29, 1.82) is 0 Å². The third-order valence-corrected chi connectivity index (χ3v) is 8.63. The van der Waals surface area contributed by atoms with E-state index in [9.17, 15) is 18.0 Å². The van der Waals surface area contributed by atoms with Crippen LogP contribution in [0.4, 0.5) is 13.2 Å². The molecule has 2 saturated carbocycles. The van der Waals surface area contributed by atoms with Crippen LogP contribution in [0, 0.1) is 22.7 Å². The Morgan fingerprint density at radius 2 is 1.97 bits per heavy atom. The molecule has 184 valence electrons. The maximum atomic E-state index is 13.8. The third-order valence-electron chi connectivity index (χ3n) is 8.63. The monoisotopic (exact) mass is 493 g/mol. The maximum Gasteiger partial charge on any atom is 0.394 e. The van der Waals surface area contributed by atoms with Gasteiger partial charge in [-0.05, 0) is 32.1 Å². The smallest absolute Gasteiger partial charge is 0.394 e. The number of fused-ring (bicyclic) bond motifs is 7. The summed E-state index contributed by atoms with van der Waals surface area (Å²) in [4.78, 5) is 24.2. The molecular formula is C27H22F3N3O3. The first kappa shape index (κ1) is 21.7. The second-order valence-electron chi connectivity index (χ2n) is 10.6. The van der Waals surface area contributed by atoms with E-state index in [0.717, 1.165) is 11.1 Å². The standard InChI is InChI=1S/C27H22F3N3O3/c28-27(29,30)26-6-4-25(15-26,5-7-26)24(34)33-14-18-10-21(33)19-13-31-12-17(23(19)36-18)2-1-16-9-22-20(32-11-16)3-8-35-22/h3,8-9,11-13,18,21H,4-7,10,14-15H2/t18-,21-,25?,26?/m0/s1. The zero-order chi connectivity index (χ0) is 24.7. The Kier molecular flexibility index (Phi) is 4.37. The summed E-state index contributed by atoms with van der Waals surface area (Å²) in [6.07, 6.45) is 3.25. The molecule has 1 amide bonds. The van der Waals surface area contributed by atoms with Gasteiger partial charge in [-0.1, -0.05) is 11.8 Å². The van der Waals surface area contributed by atoms with Crippen LogP contribution in [0.2, 0.25) is 0 Å². The van der Waals surface area contributed by atoms with Crippen LogP contribution < -0.4 is 4.74 Å². The first-order chi connectivity index (χ1) is 17.3. The van der Waals surface area contributed by atoms with Gasteiger partial charge in [0.05, 0.1) is 35.2 Å². The number of hydrogen-bond acceptors (Lipinski definition) is 5. The van der Waals surface area contributed by atoms with E-state index in [-0.39, 0.29) is 37.3 Å². The molecular weight excluding hydrogens is 471 g/mol. The van der Waals surface area contributed by atoms with Gasteiger partial charge in [0.15, 0.2) is 5.58 Å². The number of pyridine rings is 2. The van der Waals surface area contributed by atoms with E-state index in [0.29, 0.717) is 48.3 Å². The van der Waals surface area contributed by atoms with Crippen molar-refractivity contribution in [3.05, 3.63) is 53.7 Å². The number of aromatic nitrogens is 2. The van der Waals surface area contributed by atoms with Gasteiger partial charge in [0.1, 0.15) is 17.4 Å². The zero-order valence-corrected chi connectivity index (χ0v) is 19.3. The van der Waals surface area contributed by atoms with Crippen molar-refractivity contribution in [2.24, 2.45) is 10.8 Å². The molecule has 2 aliphatic heterocycles. The number of ether oxygens (including phenoxy) is 1. The number of likely N-dealkylation sites (tertiary alicyclic amines) is 1. The molecule has 36 heavy (non-hydrogen) atoms. The van der Waals surface area contributed by atoms with Crippen molar-refractivity contribution >= 4 is 17.0 Å². The number of alkyl halides is 3. The number of furan rings is 1. The van der Waals surface area contributed by atoms with Crippen LogP contribution >= 0.6 is 0 Å². The van der Waals surface area contributed by atoms with Gasteiger partial charge < -0.3 is 14.1 Å². The fraction of sp³-hybridized carbons (Fsp3) is 0.444. The average Bonchev–Trinajstić information content (AvgIpc) is 3.64. The highest BCUT2D eigenvalue weighted by atomic mass is 19.4. The van der Waals surface area contributed by atoms with Crippen LogP contribution in [0.25, 0.3) is 11.1 Å². The second-order valence-corrected chi connectivity index (χ2v) is 10.6. The lowest BCUT2D eigenvalue weighted by Crippen LogP contribution is -2.41. The summed E-state index contributed by atoms with van der Waals surface area (Å²) in [6.45, 7) is 0.366. The number of carbonyl (C=O) groups excluding carboxylic acids is 1. The third kappa shape index (κ3) is 3.03. The first-order valence-corrected chi connectivity index (χ1v) is 12.1. The molecule has 9 heteroatoms. The Bertz CT molecular complexity index is 1460. The molecule has 0 N–H and O–H groups in total. The zero-order valence-electron chi connectivity index (χ0n) is 19.3. The molecule has 6 nitrogen and oxygen atoms in total. The highest BCUT2D eigenvalue weighted by Gasteiger charge is 2.69. The van der Waals surface area contributed by atoms with Gasteiger partial charge >= 0.3 is 6.18 Å². The van der Waals surface area contributed by atoms with Crippen LogP contribution in [-0.2, 0) is 4.79 Å². The van der Waals surface area contributed by atoms with Crippen molar-refractivity contribution in [3.63, 3.8) is 0 Å². The summed E-state index contributed by atoms with van der Waals surface area (Å²) in [6, 6.07) is 3.32. The Morgan fingerprint density at radius 3 is 2.75 bits per heavy atom. The molecule has 3 fully saturated rings. The number of carbonyl (C=O) groups is 1. The van der Waals surface area contributed by atoms with Gasteiger partial charge in [-0.15, -0.1) is 0 Å². The Hall–Kier alpha value is -3.54. The minimum Gasteiger partial charge on any atom is -0.487 e. The molecule has 7 rings (SSSR count). The minimum atomic E-state index is -4.27. The number of hydrogen-bond donors (Lipinski definition) is 0. The number of rotatable bonds is 1. The Balaban J connectivity index is 1.18. The van der Waals surface area contributed by atoms with Crippen LogP contribution in [0.1, 0.15) is 61.3 Å². The van der Waals surface area contributed by atoms with Gasteiger partial charge in [-0.2, -0.15) is 13.2 Å². The number of amides is 1. The lowest BCUT2D eigenvalue weighted by atomic mass is 9.81. The van der Waals surface area contributed by atoms with E-state index < -0.39 is 17.0 Å². The lowest BCUT2D eigenvalue weighted by Gasteiger charge is -2.34. The van der Waals surface area contributed by atoms with Crippen molar-refractivity contribution < 1.29 is 27.1 Å². The average molecular weight is 493 g/mol. The summed E-state index contributed by atoms with van der Waals surface area (Å²) in [5, 5.41) is 0. The summed E-state index contributed by atoms with van der Waals surface area (Å²) in [5.74, 6) is 6.63. The summed E-state index contributed by atoms with van der Waals surface area (Å²) in [7, 11) is 0. The normalized spacial score (nSPS) is 30.1. The van der Waals surface area contributed by atoms with Crippen molar-refractivity contribution in [1.82, 2.24) is 14.9 Å². The molecule has 5 heterocycles. The molecule has 2 atom stereocenters. The Morgan fingerprint density at radius 1 is 1.14 bits per heavy atom. The molecule has 4 aliphatic rings. The predicted molar refractivity (Wildman–Crippen MR) is 122 cm³/mol. The quantitative estimate of drug-likeness (QED) is 0.438. The topological polar surface area (TPSA) is 68.5 Å². The molecule has 0 radical (unpaired) electrons. The number of halogens is 3. The van der Waals surface area contributed by atoms with Gasteiger partial charge in [-0.25, -0.2) is 0 Å². The number of nitrogens with zero attached hydrogens (tertiary/aromatic N) is 3. The molecule has 0 spiro atoms. The fourth-order valence-electron chi connectivity index (χ4n) is 6.73. The van der Waals surface area contributed by atoms with Gasteiger partial charge in [-0.3, -0.25) is 14.8 Å². The van der Waals surface area contributed by atoms with Crippen molar-refractivity contribution in [3.8, 4) is 17.6 Å². The first-order valence-electron chi connectivity index (χ1n) is 12.1. The highest BCUT2D eigenvalue weighted by Crippen LogP contribution is 2.68. The largest absolute Gasteiger partial charge is 0.487 e. The van der Waals surface area contributed by atoms with Gasteiger partial charge in [0.2, 0.25) is 5.91 Å². The van der Waals surface area contributed by atoms with Crippen molar-refractivity contribution in [2.75, 3.05) is 6.54 Å². The summed E-state index contributed by atoms with van der Waals surface area (Å²) >= 11 is 0. The molecule has 0 aromatic carbocycles. The molecule has 4 bridgehead atoms. The molecule has 1 saturated heterocycles. The Labute approximate surface area is 204 Å². The van der Waals surface area contributed by atoms with E-state index in [4.69, 9.17) is 9.15 Å². The molecule has 3 aromatic rings. The van der Waals surface area contributed by atoms with Crippen molar-refractivity contribution in [2.45, 2.75) is 56.8 Å². The fourth-order valence-corrected chi connectivity index (χ4v) is 6.73. The predicted octanol–water partition coefficient (Wildman–Crippen LogP) is 5.17. The van der Waals surface area contributed by atoms with Crippen LogP contribution in [0.3, 0.4) is 0 Å². The van der Waals surface area contributed by atoms with E-state index >= 15 is 0 Å². The van der Waals surface area contributed by atoms with E-state index in [1.165, 1.54) is 0 Å². The molecule has 3 aromatic heterocycles. The van der Waals surface area contributed by atoms with E-state index in [1.54, 1.807) is 35.8 Å². The second kappa shape index (κ2) is 7.25. The lowest BCUT2D eigenvalue weighted by molar-refractivity contribution is -0.220. The van der Waals surface area contributed by atoms with Gasteiger partial charge in [0.25, 0.3) is 0 Å². The van der Waals surface area contributed by atoms with Gasteiger partial charge in [0, 0.05) is 48.3 Å². The minimum absolute atomic E-state index is 0.0389. The van der Waals surface area contributed by atoms with E-state index in [2.05, 4.69) is 21.8 Å². The molecule has 0 unspecified atom stereocenters.